The molecular weight excluding hydrogens is 308 g/mol. The summed E-state index contributed by atoms with van der Waals surface area (Å²) in [5.74, 6) is -1.67. The van der Waals surface area contributed by atoms with Crippen LogP contribution in [-0.4, -0.2) is 37.7 Å². The molecule has 0 aliphatic rings. The topological polar surface area (TPSA) is 66.4 Å². The van der Waals surface area contributed by atoms with Gasteiger partial charge >= 0.3 is 0 Å². The number of halogens is 2. The van der Waals surface area contributed by atoms with Crippen LogP contribution in [0.15, 0.2) is 23.1 Å². The summed E-state index contributed by atoms with van der Waals surface area (Å²) in [6.07, 6.45) is 2.29. The van der Waals surface area contributed by atoms with E-state index in [4.69, 9.17) is 0 Å². The Labute approximate surface area is 121 Å². The van der Waals surface area contributed by atoms with Crippen molar-refractivity contribution in [3.63, 3.8) is 0 Å². The number of hydrogen-bond acceptors (Lipinski definition) is 4. The summed E-state index contributed by atoms with van der Waals surface area (Å²) in [6.45, 7) is 1.31. The predicted octanol–water partition coefficient (Wildman–Crippen LogP) is 1.75. The highest BCUT2D eigenvalue weighted by Gasteiger charge is 2.24. The Hall–Kier alpha value is -0.700. The van der Waals surface area contributed by atoms with Crippen LogP contribution in [0.5, 0.6) is 0 Å². The lowest BCUT2D eigenvalue weighted by atomic mass is 10.1. The first-order valence-corrected chi connectivity index (χ1v) is 8.72. The van der Waals surface area contributed by atoms with Gasteiger partial charge < -0.3 is 5.11 Å². The Morgan fingerprint density at radius 1 is 1.35 bits per heavy atom. The van der Waals surface area contributed by atoms with Gasteiger partial charge in [-0.15, -0.1) is 0 Å². The molecule has 1 atom stereocenters. The molecule has 0 radical (unpaired) electrons. The average Bonchev–Trinajstić information content (AvgIpc) is 2.37. The van der Waals surface area contributed by atoms with Gasteiger partial charge in [-0.3, -0.25) is 0 Å². The maximum Gasteiger partial charge on any atom is 0.240 e. The smallest absolute Gasteiger partial charge is 0.240 e. The van der Waals surface area contributed by atoms with E-state index in [2.05, 4.69) is 4.72 Å². The molecule has 0 spiro atoms. The highest BCUT2D eigenvalue weighted by molar-refractivity contribution is 7.98. The van der Waals surface area contributed by atoms with Crippen LogP contribution in [0.4, 0.5) is 8.78 Å². The highest BCUT2D eigenvalue weighted by Crippen LogP contribution is 2.16. The predicted molar refractivity (Wildman–Crippen MR) is 75.2 cm³/mol. The van der Waals surface area contributed by atoms with Crippen LogP contribution in [-0.2, 0) is 10.0 Å². The van der Waals surface area contributed by atoms with E-state index in [1.807, 2.05) is 6.26 Å². The summed E-state index contributed by atoms with van der Waals surface area (Å²) >= 11 is 1.53. The third-order valence-electron chi connectivity index (χ3n) is 2.69. The normalized spacial score (nSPS) is 15.1. The summed E-state index contributed by atoms with van der Waals surface area (Å²) in [7, 11) is -3.98. The average molecular weight is 325 g/mol. The van der Waals surface area contributed by atoms with E-state index in [1.54, 1.807) is 0 Å². The summed E-state index contributed by atoms with van der Waals surface area (Å²) in [5.41, 5.74) is -1.20. The van der Waals surface area contributed by atoms with Gasteiger partial charge in [-0.1, -0.05) is 0 Å². The van der Waals surface area contributed by atoms with Crippen LogP contribution in [0.25, 0.3) is 0 Å². The SMILES string of the molecule is CSCC[C@](C)(O)CNS(=O)(=O)c1ccc(F)c(F)c1. The summed E-state index contributed by atoms with van der Waals surface area (Å²) in [4.78, 5) is -0.378. The molecule has 1 aromatic carbocycles. The zero-order valence-corrected chi connectivity index (χ0v) is 12.8. The van der Waals surface area contributed by atoms with E-state index >= 15 is 0 Å². The van der Waals surface area contributed by atoms with Gasteiger partial charge in [0, 0.05) is 6.54 Å². The molecular formula is C12H17F2NO3S2. The first-order chi connectivity index (χ1) is 9.18. The molecule has 1 rings (SSSR count). The second kappa shape index (κ2) is 6.84. The van der Waals surface area contributed by atoms with E-state index in [1.165, 1.54) is 18.7 Å². The molecule has 0 aliphatic carbocycles. The van der Waals surface area contributed by atoms with Crippen molar-refractivity contribution < 1.29 is 22.3 Å². The molecule has 20 heavy (non-hydrogen) atoms. The molecule has 8 heteroatoms. The lowest BCUT2D eigenvalue weighted by Crippen LogP contribution is -2.41. The molecule has 0 aliphatic heterocycles. The summed E-state index contributed by atoms with van der Waals surface area (Å²) in [5, 5.41) is 9.98. The van der Waals surface area contributed by atoms with Crippen LogP contribution < -0.4 is 4.72 Å². The molecule has 0 saturated carbocycles. The number of nitrogens with one attached hydrogen (secondary N) is 1. The van der Waals surface area contributed by atoms with Crippen molar-refractivity contribution in [2.45, 2.75) is 23.8 Å². The van der Waals surface area contributed by atoms with Crippen molar-refractivity contribution in [1.82, 2.24) is 4.72 Å². The van der Waals surface area contributed by atoms with E-state index in [-0.39, 0.29) is 11.4 Å². The third kappa shape index (κ3) is 5.01. The minimum absolute atomic E-state index is 0.200. The zero-order valence-electron chi connectivity index (χ0n) is 11.2. The van der Waals surface area contributed by atoms with Crippen LogP contribution in [0.1, 0.15) is 13.3 Å². The van der Waals surface area contributed by atoms with Crippen molar-refractivity contribution in [3.8, 4) is 0 Å². The van der Waals surface area contributed by atoms with E-state index in [0.29, 0.717) is 18.2 Å². The zero-order chi connectivity index (χ0) is 15.4. The first kappa shape index (κ1) is 17.4. The van der Waals surface area contributed by atoms with Crippen LogP contribution >= 0.6 is 11.8 Å². The summed E-state index contributed by atoms with van der Waals surface area (Å²) in [6, 6.07) is 2.32. The summed E-state index contributed by atoms with van der Waals surface area (Å²) < 4.78 is 51.8. The lowest BCUT2D eigenvalue weighted by molar-refractivity contribution is 0.0626. The number of thioether (sulfide) groups is 1. The molecule has 114 valence electrons. The fourth-order valence-corrected chi connectivity index (χ4v) is 3.21. The van der Waals surface area contributed by atoms with Crippen molar-refractivity contribution in [3.05, 3.63) is 29.8 Å². The van der Waals surface area contributed by atoms with Crippen molar-refractivity contribution in [2.24, 2.45) is 0 Å². The number of aliphatic hydroxyl groups is 1. The second-order valence-electron chi connectivity index (χ2n) is 4.64. The van der Waals surface area contributed by atoms with E-state index in [0.717, 1.165) is 12.1 Å². The van der Waals surface area contributed by atoms with Gasteiger partial charge in [-0.2, -0.15) is 11.8 Å². The Morgan fingerprint density at radius 2 is 2.00 bits per heavy atom. The fourth-order valence-electron chi connectivity index (χ4n) is 1.39. The minimum atomic E-state index is -3.98. The van der Waals surface area contributed by atoms with Gasteiger partial charge in [0.05, 0.1) is 10.5 Å². The number of hydrogen-bond donors (Lipinski definition) is 2. The van der Waals surface area contributed by atoms with Crippen LogP contribution in [0.3, 0.4) is 0 Å². The van der Waals surface area contributed by atoms with Crippen LogP contribution in [0, 0.1) is 11.6 Å². The van der Waals surface area contributed by atoms with Crippen molar-refractivity contribution in [1.29, 1.82) is 0 Å². The molecule has 4 nitrogen and oxygen atoms in total. The molecule has 1 aromatic rings. The van der Waals surface area contributed by atoms with Crippen molar-refractivity contribution in [2.75, 3.05) is 18.6 Å². The highest BCUT2D eigenvalue weighted by atomic mass is 32.2. The molecule has 0 fully saturated rings. The van der Waals surface area contributed by atoms with Gasteiger partial charge in [0.25, 0.3) is 0 Å². The van der Waals surface area contributed by atoms with Gasteiger partial charge in [0.2, 0.25) is 10.0 Å². The van der Waals surface area contributed by atoms with Gasteiger partial charge in [-0.25, -0.2) is 21.9 Å². The largest absolute Gasteiger partial charge is 0.389 e. The van der Waals surface area contributed by atoms with Gasteiger partial charge in [0.15, 0.2) is 11.6 Å². The molecule has 0 saturated heterocycles. The third-order valence-corrected chi connectivity index (χ3v) is 4.70. The van der Waals surface area contributed by atoms with Crippen LogP contribution in [0.2, 0.25) is 0 Å². The van der Waals surface area contributed by atoms with E-state index < -0.39 is 27.3 Å². The Kier molecular flexibility index (Phi) is 5.93. The maximum atomic E-state index is 13.0. The Morgan fingerprint density at radius 3 is 2.55 bits per heavy atom. The first-order valence-electron chi connectivity index (χ1n) is 5.84. The van der Waals surface area contributed by atoms with Crippen molar-refractivity contribution >= 4 is 21.8 Å². The van der Waals surface area contributed by atoms with E-state index in [9.17, 15) is 22.3 Å². The number of sulfonamides is 1. The lowest BCUT2D eigenvalue weighted by Gasteiger charge is -2.23. The Bertz CT molecular complexity index is 562. The molecule has 0 aromatic heterocycles. The quantitative estimate of drug-likeness (QED) is 0.801. The fraction of sp³-hybridized carbons (Fsp3) is 0.500. The Balaban J connectivity index is 2.77. The molecule has 0 amide bonds. The standard InChI is InChI=1S/C12H17F2NO3S2/c1-12(16,5-6-19-2)8-15-20(17,18)9-3-4-10(13)11(14)7-9/h3-4,7,15-16H,5-6,8H2,1-2H3/t12-/m0/s1. The minimum Gasteiger partial charge on any atom is -0.389 e. The molecule has 0 unspecified atom stereocenters. The van der Waals surface area contributed by atoms with Gasteiger partial charge in [0.1, 0.15) is 0 Å². The molecule has 2 N–H and O–H groups in total. The monoisotopic (exact) mass is 325 g/mol. The number of benzene rings is 1. The molecule has 0 heterocycles. The number of rotatable bonds is 7. The second-order valence-corrected chi connectivity index (χ2v) is 7.39. The van der Waals surface area contributed by atoms with Gasteiger partial charge in [-0.05, 0) is 43.6 Å². The molecule has 0 bridgehead atoms. The maximum absolute atomic E-state index is 13.0.